The van der Waals surface area contributed by atoms with Crippen LogP contribution in [0.4, 0.5) is 10.3 Å². The fourth-order valence-electron chi connectivity index (χ4n) is 3.43. The Labute approximate surface area is 235 Å². The number of oxime groups is 1. The molecule has 0 spiro atoms. The molecular formula is C18H19ClN8O5S5. The van der Waals surface area contributed by atoms with Gasteiger partial charge in [-0.1, -0.05) is 51.2 Å². The number of anilines is 2. The molecule has 1 saturated heterocycles. The zero-order chi connectivity index (χ0) is 26.9. The first kappa shape index (κ1) is 27.8. The van der Waals surface area contributed by atoms with E-state index in [0.29, 0.717) is 22.3 Å². The van der Waals surface area contributed by atoms with Crippen molar-refractivity contribution in [2.24, 2.45) is 10.9 Å². The van der Waals surface area contributed by atoms with Crippen LogP contribution in [0, 0.1) is 0 Å². The highest BCUT2D eigenvalue weighted by Crippen LogP contribution is 2.47. The van der Waals surface area contributed by atoms with E-state index in [0.717, 1.165) is 31.9 Å². The molecule has 13 nitrogen and oxygen atoms in total. The van der Waals surface area contributed by atoms with Crippen molar-refractivity contribution < 1.29 is 24.7 Å². The molecule has 2 aliphatic heterocycles. The molecule has 37 heavy (non-hydrogen) atoms. The van der Waals surface area contributed by atoms with Crippen LogP contribution in [-0.2, 0) is 20.1 Å². The lowest BCUT2D eigenvalue weighted by molar-refractivity contribution is -0.150. The van der Waals surface area contributed by atoms with Gasteiger partial charge in [0.2, 0.25) is 0 Å². The van der Waals surface area contributed by atoms with Crippen LogP contribution in [0.15, 0.2) is 20.0 Å². The third kappa shape index (κ3) is 5.64. The van der Waals surface area contributed by atoms with Crippen molar-refractivity contribution in [3.05, 3.63) is 26.3 Å². The molecule has 2 aliphatic rings. The number of amides is 2. The van der Waals surface area contributed by atoms with Crippen molar-refractivity contribution in [3.8, 4) is 0 Å². The summed E-state index contributed by atoms with van der Waals surface area (Å²) >= 11 is 12.2. The number of carboxylic acid groups (broad SMARTS) is 1. The van der Waals surface area contributed by atoms with Gasteiger partial charge in [-0.15, -0.1) is 11.8 Å². The van der Waals surface area contributed by atoms with Gasteiger partial charge >= 0.3 is 5.97 Å². The van der Waals surface area contributed by atoms with Crippen LogP contribution in [0.3, 0.4) is 0 Å². The fraction of sp³-hybridized carbons (Fsp3) is 0.333. The van der Waals surface area contributed by atoms with Crippen LogP contribution >= 0.6 is 69.6 Å². The van der Waals surface area contributed by atoms with E-state index in [1.807, 2.05) is 0 Å². The molecule has 4 heterocycles. The number of hydrogen-bond acceptors (Lipinski definition) is 15. The summed E-state index contributed by atoms with van der Waals surface area (Å²) in [6, 6.07) is -1.05. The molecular weight excluding hydrogens is 604 g/mol. The number of nitrogens with zero attached hydrogens (tertiary/aromatic N) is 4. The molecule has 9 N–H and O–H groups in total. The number of fused-ring (bicyclic) bond motifs is 1. The second-order valence-electron chi connectivity index (χ2n) is 7.29. The second-order valence-corrected chi connectivity index (χ2v) is 13.5. The van der Waals surface area contributed by atoms with Crippen molar-refractivity contribution in [3.63, 3.8) is 0 Å². The molecule has 2 aromatic heterocycles. The van der Waals surface area contributed by atoms with Crippen LogP contribution < -0.4 is 22.5 Å². The summed E-state index contributed by atoms with van der Waals surface area (Å²) in [5, 5.41) is 24.5. The monoisotopic (exact) mass is 622 g/mol. The predicted octanol–water partition coefficient (Wildman–Crippen LogP) is 1.28. The first-order chi connectivity index (χ1) is 17.7. The number of nitrogen functional groups attached to an aromatic ring is 2. The number of thiazole rings is 2. The molecule has 2 aromatic rings. The van der Waals surface area contributed by atoms with Crippen LogP contribution in [0.25, 0.3) is 0 Å². The lowest BCUT2D eigenvalue weighted by Crippen LogP contribution is -2.71. The second kappa shape index (κ2) is 11.7. The molecule has 1 fully saturated rings. The van der Waals surface area contributed by atoms with E-state index in [1.165, 1.54) is 34.9 Å². The number of halogens is 1. The van der Waals surface area contributed by atoms with Crippen molar-refractivity contribution in [2.45, 2.75) is 21.4 Å². The topological polar surface area (TPSA) is 223 Å². The van der Waals surface area contributed by atoms with Gasteiger partial charge in [-0.05, 0) is 0 Å². The Bertz CT molecular complexity index is 1310. The Hall–Kier alpha value is -2.22. The van der Waals surface area contributed by atoms with E-state index in [9.17, 15) is 24.7 Å². The highest BCUT2D eigenvalue weighted by atomic mass is 35.5. The number of aromatic nitrogens is 2. The van der Waals surface area contributed by atoms with Gasteiger partial charge < -0.3 is 32.8 Å². The minimum atomic E-state index is -1.27. The maximum Gasteiger partial charge on any atom is 0.353 e. The van der Waals surface area contributed by atoms with Crippen LogP contribution in [0.5, 0.6) is 0 Å². The molecule has 0 aliphatic carbocycles. The van der Waals surface area contributed by atoms with E-state index in [1.54, 1.807) is 11.8 Å². The van der Waals surface area contributed by atoms with Crippen molar-refractivity contribution in [1.82, 2.24) is 20.2 Å². The molecule has 0 bridgehead atoms. The summed E-state index contributed by atoms with van der Waals surface area (Å²) in [4.78, 5) is 47.8. The zero-order valence-corrected chi connectivity index (χ0v) is 23.4. The molecule has 2 amide bonds. The lowest BCUT2D eigenvalue weighted by Gasteiger charge is -2.49. The third-order valence-electron chi connectivity index (χ3n) is 4.96. The van der Waals surface area contributed by atoms with Gasteiger partial charge in [0.1, 0.15) is 27.1 Å². The normalized spacial score (nSPS) is 19.6. The Kier molecular flexibility index (Phi) is 8.77. The smallest absolute Gasteiger partial charge is 0.353 e. The van der Waals surface area contributed by atoms with Crippen molar-refractivity contribution >= 4 is 103 Å². The highest BCUT2D eigenvalue weighted by Gasteiger charge is 2.54. The van der Waals surface area contributed by atoms with Gasteiger partial charge in [-0.25, -0.2) is 14.8 Å². The van der Waals surface area contributed by atoms with E-state index < -0.39 is 34.9 Å². The van der Waals surface area contributed by atoms with Gasteiger partial charge in [-0.2, -0.15) is 11.8 Å². The van der Waals surface area contributed by atoms with Crippen molar-refractivity contribution in [1.29, 1.82) is 0 Å². The number of nitrogens with two attached hydrogens (primary N) is 3. The van der Waals surface area contributed by atoms with Gasteiger partial charge in [0.15, 0.2) is 16.0 Å². The summed E-state index contributed by atoms with van der Waals surface area (Å²) in [6.07, 6.45) is 0. The van der Waals surface area contributed by atoms with E-state index in [4.69, 9.17) is 28.8 Å². The number of rotatable bonds is 10. The highest BCUT2D eigenvalue weighted by molar-refractivity contribution is 8.07. The summed E-state index contributed by atoms with van der Waals surface area (Å²) in [5.41, 5.74) is 16.9. The molecule has 0 unspecified atom stereocenters. The maximum absolute atomic E-state index is 13.0. The number of thioether (sulfide) groups is 3. The standard InChI is InChI=1S/C18H19ClN8O5S5/c19-11-7(25-18(22)36-11)8(26-32)12(28)24-9-13(29)27-10(15(30)31)6(4-34-14(9)27)35-16-5(3-33-2-1-20)23-17(21)37-16/h9,14,32H,1-4,20H2,(H2,21,23)(H2,22,25)(H,24,28)(H,30,31)/b26-8-/t9-,14+/m1/s1. The third-order valence-corrected chi connectivity index (χ3v) is 10.7. The number of carbonyl (C=O) groups is 3. The van der Waals surface area contributed by atoms with Crippen LogP contribution in [-0.4, -0.2) is 78.1 Å². The number of carboxylic acids is 1. The largest absolute Gasteiger partial charge is 0.477 e. The molecule has 2 atom stereocenters. The van der Waals surface area contributed by atoms with E-state index in [2.05, 4.69) is 20.4 Å². The molecule has 19 heteroatoms. The first-order valence-electron chi connectivity index (χ1n) is 10.2. The quantitative estimate of drug-likeness (QED) is 0.0723. The number of β-lactam (4-membered cyclic amide) rings is 1. The number of aliphatic carboxylic acids is 1. The van der Waals surface area contributed by atoms with Crippen LogP contribution in [0.2, 0.25) is 4.34 Å². The molecule has 198 valence electrons. The SMILES string of the molecule is NCCSCc1nc(N)sc1SC1=C(C(=O)O)N2C(=O)[C@@H](NC(=O)/C(=N\O)c3nc(N)sc3Cl)[C@@H]2SC1. The minimum Gasteiger partial charge on any atom is -0.477 e. The Balaban J connectivity index is 1.52. The van der Waals surface area contributed by atoms with Gasteiger partial charge in [0, 0.05) is 28.7 Å². The van der Waals surface area contributed by atoms with E-state index >= 15 is 0 Å². The zero-order valence-electron chi connectivity index (χ0n) is 18.5. The van der Waals surface area contributed by atoms with Gasteiger partial charge in [0.25, 0.3) is 11.8 Å². The average molecular weight is 623 g/mol. The number of hydrogen-bond donors (Lipinski definition) is 6. The first-order valence-corrected chi connectivity index (χ1v) is 15.3. The van der Waals surface area contributed by atoms with Gasteiger partial charge in [-0.3, -0.25) is 14.5 Å². The summed E-state index contributed by atoms with van der Waals surface area (Å²) < 4.78 is 0.784. The predicted molar refractivity (Wildman–Crippen MR) is 147 cm³/mol. The average Bonchev–Trinajstić information content (AvgIpc) is 3.37. The summed E-state index contributed by atoms with van der Waals surface area (Å²) in [5.74, 6) is -1.22. The Morgan fingerprint density at radius 1 is 1.27 bits per heavy atom. The maximum atomic E-state index is 13.0. The molecule has 0 saturated carbocycles. The summed E-state index contributed by atoms with van der Waals surface area (Å²) in [6.45, 7) is 0.518. The lowest BCUT2D eigenvalue weighted by atomic mass is 10.0. The van der Waals surface area contributed by atoms with Crippen molar-refractivity contribution in [2.75, 3.05) is 29.5 Å². The Morgan fingerprint density at radius 2 is 2.00 bits per heavy atom. The molecule has 0 radical (unpaired) electrons. The fourth-order valence-corrected chi connectivity index (χ4v) is 8.94. The Morgan fingerprint density at radius 3 is 2.62 bits per heavy atom. The van der Waals surface area contributed by atoms with E-state index in [-0.39, 0.29) is 26.6 Å². The number of nitrogens with one attached hydrogen (secondary N) is 1. The minimum absolute atomic E-state index is 0.0383. The summed E-state index contributed by atoms with van der Waals surface area (Å²) in [7, 11) is 0. The molecule has 4 rings (SSSR count). The van der Waals surface area contributed by atoms with Gasteiger partial charge in [0.05, 0.1) is 9.90 Å². The molecule has 0 aromatic carbocycles. The number of carbonyl (C=O) groups excluding carboxylic acids is 2. The van der Waals surface area contributed by atoms with Crippen LogP contribution in [0.1, 0.15) is 11.4 Å².